The van der Waals surface area contributed by atoms with Crippen LogP contribution in [0, 0.1) is 6.92 Å². The minimum Gasteiger partial charge on any atom is -0.466 e. The van der Waals surface area contributed by atoms with Gasteiger partial charge in [-0.15, -0.1) is 11.3 Å². The summed E-state index contributed by atoms with van der Waals surface area (Å²) in [7, 11) is 0. The molecule has 1 aromatic heterocycles. The number of hydrogen-bond acceptors (Lipinski definition) is 5. The van der Waals surface area contributed by atoms with Crippen molar-refractivity contribution in [3.05, 3.63) is 15.6 Å². The van der Waals surface area contributed by atoms with Crippen LogP contribution in [0.2, 0.25) is 0 Å². The summed E-state index contributed by atoms with van der Waals surface area (Å²) in [5.41, 5.74) is 0.828. The average molecular weight is 340 g/mol. The topological polar surface area (TPSA) is 59.5 Å². The first-order chi connectivity index (χ1) is 11.1. The highest BCUT2D eigenvalue weighted by atomic mass is 32.1. The standard InChI is InChI=1S/C15H22N2O3S.C2H6/c1-3-20-15(19)9-12-11(2)16-13(21-12)10-14(18)17-7-5-4-6-8-17;1-2/h3-10H2,1-2H3;1-2H3. The molecule has 2 rings (SSSR count). The molecule has 130 valence electrons. The Bertz CT molecular complexity index is 508. The molecule has 23 heavy (non-hydrogen) atoms. The van der Waals surface area contributed by atoms with E-state index in [-0.39, 0.29) is 18.3 Å². The van der Waals surface area contributed by atoms with Crippen molar-refractivity contribution in [3.8, 4) is 0 Å². The van der Waals surface area contributed by atoms with Crippen LogP contribution < -0.4 is 0 Å². The van der Waals surface area contributed by atoms with Crippen molar-refractivity contribution < 1.29 is 14.3 Å². The Morgan fingerprint density at radius 2 is 1.83 bits per heavy atom. The Kier molecular flexibility index (Phi) is 8.84. The highest BCUT2D eigenvalue weighted by Crippen LogP contribution is 2.21. The predicted octanol–water partition coefficient (Wildman–Crippen LogP) is 3.14. The van der Waals surface area contributed by atoms with Crippen molar-refractivity contribution in [3.63, 3.8) is 0 Å². The molecule has 1 fully saturated rings. The first-order valence-electron chi connectivity index (χ1n) is 8.48. The van der Waals surface area contributed by atoms with Gasteiger partial charge in [0.05, 0.1) is 25.1 Å². The van der Waals surface area contributed by atoms with E-state index in [1.165, 1.54) is 17.8 Å². The third-order valence-corrected chi connectivity index (χ3v) is 4.72. The van der Waals surface area contributed by atoms with Gasteiger partial charge in [-0.3, -0.25) is 9.59 Å². The quantitative estimate of drug-likeness (QED) is 0.773. The third kappa shape index (κ3) is 6.29. The molecule has 0 bridgehead atoms. The third-order valence-electron chi connectivity index (χ3n) is 3.56. The molecule has 2 heterocycles. The van der Waals surface area contributed by atoms with Crippen LogP contribution >= 0.6 is 11.3 Å². The second-order valence-corrected chi connectivity index (χ2v) is 6.38. The van der Waals surface area contributed by atoms with Gasteiger partial charge < -0.3 is 9.64 Å². The Balaban J connectivity index is 0.00000127. The maximum absolute atomic E-state index is 12.2. The Labute approximate surface area is 143 Å². The zero-order valence-electron chi connectivity index (χ0n) is 14.7. The van der Waals surface area contributed by atoms with E-state index >= 15 is 0 Å². The molecule has 1 aromatic rings. The number of nitrogens with zero attached hydrogens (tertiary/aromatic N) is 2. The summed E-state index contributed by atoms with van der Waals surface area (Å²) in [6, 6.07) is 0. The van der Waals surface area contributed by atoms with Crippen LogP contribution in [0.4, 0.5) is 0 Å². The number of carbonyl (C=O) groups is 2. The lowest BCUT2D eigenvalue weighted by atomic mass is 10.1. The van der Waals surface area contributed by atoms with Gasteiger partial charge in [0.15, 0.2) is 0 Å². The van der Waals surface area contributed by atoms with E-state index in [9.17, 15) is 9.59 Å². The number of likely N-dealkylation sites (tertiary alicyclic amines) is 1. The second-order valence-electron chi connectivity index (χ2n) is 5.22. The molecule has 1 saturated heterocycles. The SMILES string of the molecule is CC.CCOC(=O)Cc1sc(CC(=O)N2CCCCC2)nc1C. The minimum atomic E-state index is -0.238. The molecule has 1 amide bonds. The molecule has 5 nitrogen and oxygen atoms in total. The number of carbonyl (C=O) groups excluding carboxylic acids is 2. The average Bonchev–Trinajstić information content (AvgIpc) is 2.89. The molecule has 0 N–H and O–H groups in total. The Hall–Kier alpha value is -1.43. The summed E-state index contributed by atoms with van der Waals surface area (Å²) >= 11 is 1.45. The number of ether oxygens (including phenoxy) is 1. The van der Waals surface area contributed by atoms with E-state index in [1.54, 1.807) is 6.92 Å². The van der Waals surface area contributed by atoms with Gasteiger partial charge in [0, 0.05) is 18.0 Å². The molecule has 1 aliphatic rings. The number of thiazole rings is 1. The monoisotopic (exact) mass is 340 g/mol. The predicted molar refractivity (Wildman–Crippen MR) is 92.7 cm³/mol. The molecule has 0 atom stereocenters. The van der Waals surface area contributed by atoms with E-state index in [2.05, 4.69) is 4.98 Å². The zero-order chi connectivity index (χ0) is 17.2. The Morgan fingerprint density at radius 3 is 2.43 bits per heavy atom. The van der Waals surface area contributed by atoms with Gasteiger partial charge in [0.25, 0.3) is 0 Å². The van der Waals surface area contributed by atoms with Gasteiger partial charge in [0.2, 0.25) is 5.91 Å². The number of piperidine rings is 1. The van der Waals surface area contributed by atoms with Gasteiger partial charge in [-0.1, -0.05) is 13.8 Å². The number of aryl methyl sites for hydroxylation is 1. The van der Waals surface area contributed by atoms with Gasteiger partial charge in [-0.25, -0.2) is 4.98 Å². The molecule has 0 aromatic carbocycles. The van der Waals surface area contributed by atoms with Gasteiger partial charge in [-0.2, -0.15) is 0 Å². The number of hydrogen-bond donors (Lipinski definition) is 0. The van der Waals surface area contributed by atoms with Crippen LogP contribution in [-0.2, 0) is 27.2 Å². The molecule has 0 aliphatic carbocycles. The maximum Gasteiger partial charge on any atom is 0.311 e. The smallest absolute Gasteiger partial charge is 0.311 e. The summed E-state index contributed by atoms with van der Waals surface area (Å²) in [6.07, 6.45) is 3.99. The number of aromatic nitrogens is 1. The molecule has 0 spiro atoms. The Morgan fingerprint density at radius 1 is 1.17 bits per heavy atom. The minimum absolute atomic E-state index is 0.145. The maximum atomic E-state index is 12.2. The fraction of sp³-hybridized carbons (Fsp3) is 0.706. The van der Waals surface area contributed by atoms with Gasteiger partial charge >= 0.3 is 5.97 Å². The summed E-state index contributed by atoms with van der Waals surface area (Å²) < 4.78 is 4.95. The van der Waals surface area contributed by atoms with Crippen LogP contribution in [0.3, 0.4) is 0 Å². The van der Waals surface area contributed by atoms with E-state index in [0.717, 1.165) is 41.5 Å². The van der Waals surface area contributed by atoms with Gasteiger partial charge in [0.1, 0.15) is 5.01 Å². The molecule has 1 aliphatic heterocycles. The molecule has 0 unspecified atom stereocenters. The largest absolute Gasteiger partial charge is 0.466 e. The molecule has 0 saturated carbocycles. The summed E-state index contributed by atoms with van der Waals surface area (Å²) in [5.74, 6) is -0.0932. The lowest BCUT2D eigenvalue weighted by Crippen LogP contribution is -2.36. The van der Waals surface area contributed by atoms with Crippen molar-refractivity contribution >= 4 is 23.2 Å². The fourth-order valence-electron chi connectivity index (χ4n) is 2.46. The molecule has 6 heteroatoms. The highest BCUT2D eigenvalue weighted by molar-refractivity contribution is 7.12. The number of rotatable bonds is 5. The normalized spacial score (nSPS) is 14.0. The first kappa shape index (κ1) is 19.6. The van der Waals surface area contributed by atoms with E-state index < -0.39 is 0 Å². The van der Waals surface area contributed by atoms with Crippen molar-refractivity contribution in [2.24, 2.45) is 0 Å². The van der Waals surface area contributed by atoms with Crippen molar-refractivity contribution in [1.29, 1.82) is 0 Å². The van der Waals surface area contributed by atoms with Crippen molar-refractivity contribution in [2.75, 3.05) is 19.7 Å². The number of amides is 1. The molecule has 0 radical (unpaired) electrons. The second kappa shape index (κ2) is 10.4. The van der Waals surface area contributed by atoms with E-state index in [4.69, 9.17) is 4.74 Å². The van der Waals surface area contributed by atoms with Crippen LogP contribution in [0.5, 0.6) is 0 Å². The number of esters is 1. The lowest BCUT2D eigenvalue weighted by Gasteiger charge is -2.26. The van der Waals surface area contributed by atoms with Crippen LogP contribution in [0.15, 0.2) is 0 Å². The van der Waals surface area contributed by atoms with Crippen LogP contribution in [-0.4, -0.2) is 41.5 Å². The van der Waals surface area contributed by atoms with Crippen LogP contribution in [0.25, 0.3) is 0 Å². The zero-order valence-corrected chi connectivity index (χ0v) is 15.5. The fourth-order valence-corrected chi connectivity index (χ4v) is 3.50. The first-order valence-corrected chi connectivity index (χ1v) is 9.30. The van der Waals surface area contributed by atoms with E-state index in [1.807, 2.05) is 25.7 Å². The van der Waals surface area contributed by atoms with E-state index in [0.29, 0.717) is 13.0 Å². The summed E-state index contributed by atoms with van der Waals surface area (Å²) in [6.45, 7) is 9.77. The van der Waals surface area contributed by atoms with Crippen molar-refractivity contribution in [2.45, 2.75) is 59.8 Å². The highest BCUT2D eigenvalue weighted by Gasteiger charge is 2.19. The molecular weight excluding hydrogens is 312 g/mol. The molecular formula is C17H28N2O3S. The van der Waals surface area contributed by atoms with Crippen molar-refractivity contribution in [1.82, 2.24) is 9.88 Å². The van der Waals surface area contributed by atoms with Crippen LogP contribution in [0.1, 0.15) is 55.6 Å². The summed E-state index contributed by atoms with van der Waals surface area (Å²) in [5, 5.41) is 0.794. The lowest BCUT2D eigenvalue weighted by molar-refractivity contribution is -0.142. The summed E-state index contributed by atoms with van der Waals surface area (Å²) in [4.78, 5) is 31.0. The van der Waals surface area contributed by atoms with Gasteiger partial charge in [-0.05, 0) is 33.1 Å².